The number of likely N-dealkylation sites (N-methyl/N-ethyl adjacent to an activating group) is 1. The van der Waals surface area contributed by atoms with E-state index in [0.717, 1.165) is 13.2 Å². The van der Waals surface area contributed by atoms with Crippen LogP contribution in [0.4, 0.5) is 0 Å². The van der Waals surface area contributed by atoms with Crippen molar-refractivity contribution >= 4 is 0 Å². The lowest BCUT2D eigenvalue weighted by Gasteiger charge is -2.20. The third-order valence-corrected chi connectivity index (χ3v) is 1.57. The van der Waals surface area contributed by atoms with Gasteiger partial charge in [-0.3, -0.25) is 0 Å². The van der Waals surface area contributed by atoms with E-state index in [9.17, 15) is 0 Å². The lowest BCUT2D eigenvalue weighted by Crippen LogP contribution is -2.33. The van der Waals surface area contributed by atoms with E-state index in [4.69, 9.17) is 4.74 Å². The maximum atomic E-state index is 5.21. The number of hydrogen-bond donors (Lipinski definition) is 1. The van der Waals surface area contributed by atoms with Gasteiger partial charge in [-0.1, -0.05) is 13.8 Å². The van der Waals surface area contributed by atoms with Gasteiger partial charge in [-0.05, 0) is 19.9 Å². The van der Waals surface area contributed by atoms with Gasteiger partial charge in [0, 0.05) is 12.6 Å². The van der Waals surface area contributed by atoms with Crippen LogP contribution in [-0.2, 0) is 4.74 Å². The van der Waals surface area contributed by atoms with Crippen LogP contribution in [0, 0.1) is 0 Å². The van der Waals surface area contributed by atoms with E-state index in [-0.39, 0.29) is 0 Å². The molecule has 1 saturated heterocycles. The van der Waals surface area contributed by atoms with Crippen molar-refractivity contribution in [2.75, 3.05) is 20.3 Å². The Balaban J connectivity index is 0.000000371. The van der Waals surface area contributed by atoms with E-state index in [2.05, 4.69) is 5.32 Å². The van der Waals surface area contributed by atoms with Crippen molar-refractivity contribution in [1.29, 1.82) is 0 Å². The van der Waals surface area contributed by atoms with E-state index in [0.29, 0.717) is 6.04 Å². The third kappa shape index (κ3) is 3.85. The van der Waals surface area contributed by atoms with Crippen LogP contribution < -0.4 is 5.32 Å². The first-order valence-corrected chi connectivity index (χ1v) is 4.18. The van der Waals surface area contributed by atoms with Crippen LogP contribution >= 0.6 is 0 Å². The highest BCUT2D eigenvalue weighted by molar-refractivity contribution is 4.66. The van der Waals surface area contributed by atoms with Crippen molar-refractivity contribution < 1.29 is 4.74 Å². The van der Waals surface area contributed by atoms with Gasteiger partial charge >= 0.3 is 0 Å². The number of nitrogens with one attached hydrogen (secondary N) is 1. The summed E-state index contributed by atoms with van der Waals surface area (Å²) in [6, 6.07) is 0.615. The zero-order valence-electron chi connectivity index (χ0n) is 7.31. The molecule has 0 aromatic carbocycles. The Morgan fingerprint density at radius 3 is 2.40 bits per heavy atom. The number of rotatable bonds is 1. The average Bonchev–Trinajstić information content (AvgIpc) is 2.10. The summed E-state index contributed by atoms with van der Waals surface area (Å²) in [5, 5.41) is 3.18. The van der Waals surface area contributed by atoms with E-state index in [1.165, 1.54) is 12.8 Å². The molecule has 0 amide bonds. The van der Waals surface area contributed by atoms with Gasteiger partial charge in [0.1, 0.15) is 0 Å². The molecule has 0 aromatic heterocycles. The lowest BCUT2D eigenvalue weighted by molar-refractivity contribution is 0.0730. The van der Waals surface area contributed by atoms with E-state index >= 15 is 0 Å². The monoisotopic (exact) mass is 145 g/mol. The van der Waals surface area contributed by atoms with Crippen LogP contribution in [0.1, 0.15) is 26.7 Å². The van der Waals surface area contributed by atoms with Crippen LogP contribution in [0.15, 0.2) is 0 Å². The molecule has 0 aliphatic carbocycles. The summed E-state index contributed by atoms with van der Waals surface area (Å²) >= 11 is 0. The summed E-state index contributed by atoms with van der Waals surface area (Å²) in [4.78, 5) is 0. The molecule has 1 N–H and O–H groups in total. The van der Waals surface area contributed by atoms with Crippen molar-refractivity contribution in [3.63, 3.8) is 0 Å². The molecule has 0 spiro atoms. The molecule has 0 bridgehead atoms. The molecule has 1 rings (SSSR count). The van der Waals surface area contributed by atoms with Gasteiger partial charge in [0.25, 0.3) is 0 Å². The highest BCUT2D eigenvalue weighted by Gasteiger charge is 2.09. The second-order valence-corrected chi connectivity index (χ2v) is 2.20. The summed E-state index contributed by atoms with van der Waals surface area (Å²) in [6.45, 7) is 5.86. The normalized spacial score (nSPS) is 24.9. The maximum absolute atomic E-state index is 5.21. The molecule has 0 aromatic rings. The molecule has 0 saturated carbocycles. The second-order valence-electron chi connectivity index (χ2n) is 2.20. The molecular weight excluding hydrogens is 126 g/mol. The molecule has 1 heterocycles. The highest BCUT2D eigenvalue weighted by Crippen LogP contribution is 2.03. The molecule has 10 heavy (non-hydrogen) atoms. The fourth-order valence-electron chi connectivity index (χ4n) is 0.968. The SMILES string of the molecule is CC.CNC1CCCOC1. The summed E-state index contributed by atoms with van der Waals surface area (Å²) in [7, 11) is 1.99. The Morgan fingerprint density at radius 2 is 2.10 bits per heavy atom. The van der Waals surface area contributed by atoms with Gasteiger partial charge < -0.3 is 10.1 Å². The molecule has 2 nitrogen and oxygen atoms in total. The van der Waals surface area contributed by atoms with Crippen molar-refractivity contribution in [2.24, 2.45) is 0 Å². The first-order chi connectivity index (χ1) is 4.93. The first kappa shape index (κ1) is 9.92. The van der Waals surface area contributed by atoms with Gasteiger partial charge in [-0.15, -0.1) is 0 Å². The third-order valence-electron chi connectivity index (χ3n) is 1.57. The molecular formula is C8H19NO. The summed E-state index contributed by atoms with van der Waals surface area (Å²) in [5.41, 5.74) is 0. The molecule has 1 aliphatic rings. The first-order valence-electron chi connectivity index (χ1n) is 4.18. The van der Waals surface area contributed by atoms with Crippen molar-refractivity contribution in [3.05, 3.63) is 0 Å². The minimum absolute atomic E-state index is 0.615. The van der Waals surface area contributed by atoms with Gasteiger partial charge in [0.05, 0.1) is 6.61 Å². The Morgan fingerprint density at radius 1 is 1.40 bits per heavy atom. The summed E-state index contributed by atoms with van der Waals surface area (Å²) in [5.74, 6) is 0. The van der Waals surface area contributed by atoms with Crippen molar-refractivity contribution in [2.45, 2.75) is 32.7 Å². The molecule has 1 unspecified atom stereocenters. The highest BCUT2D eigenvalue weighted by atomic mass is 16.5. The van der Waals surface area contributed by atoms with E-state index in [1.54, 1.807) is 0 Å². The minimum Gasteiger partial charge on any atom is -0.380 e. The van der Waals surface area contributed by atoms with Crippen LogP contribution in [0.25, 0.3) is 0 Å². The van der Waals surface area contributed by atoms with Crippen LogP contribution in [-0.4, -0.2) is 26.3 Å². The van der Waals surface area contributed by atoms with Crippen LogP contribution in [0.3, 0.4) is 0 Å². The molecule has 62 valence electrons. The van der Waals surface area contributed by atoms with Gasteiger partial charge in [-0.2, -0.15) is 0 Å². The quantitative estimate of drug-likeness (QED) is 0.602. The standard InChI is InChI=1S/C6H13NO.C2H6/c1-7-6-3-2-4-8-5-6;1-2/h6-7H,2-5H2,1H3;1-2H3. The van der Waals surface area contributed by atoms with Gasteiger partial charge in [-0.25, -0.2) is 0 Å². The Labute approximate surface area is 64.0 Å². The van der Waals surface area contributed by atoms with Gasteiger partial charge in [0.15, 0.2) is 0 Å². The summed E-state index contributed by atoms with van der Waals surface area (Å²) in [6.07, 6.45) is 2.49. The largest absolute Gasteiger partial charge is 0.380 e. The molecule has 2 heteroatoms. The summed E-state index contributed by atoms with van der Waals surface area (Å²) < 4.78 is 5.21. The van der Waals surface area contributed by atoms with E-state index < -0.39 is 0 Å². The fourth-order valence-corrected chi connectivity index (χ4v) is 0.968. The zero-order chi connectivity index (χ0) is 7.82. The molecule has 1 aliphatic heterocycles. The average molecular weight is 145 g/mol. The second kappa shape index (κ2) is 7.03. The Bertz CT molecular complexity index is 60.3. The number of hydrogen-bond acceptors (Lipinski definition) is 2. The fraction of sp³-hybridized carbons (Fsp3) is 1.00. The molecule has 1 atom stereocenters. The minimum atomic E-state index is 0.615. The van der Waals surface area contributed by atoms with Crippen molar-refractivity contribution in [1.82, 2.24) is 5.32 Å². The predicted octanol–water partition coefficient (Wildman–Crippen LogP) is 1.41. The van der Waals surface area contributed by atoms with E-state index in [1.807, 2.05) is 20.9 Å². The van der Waals surface area contributed by atoms with Gasteiger partial charge in [0.2, 0.25) is 0 Å². The van der Waals surface area contributed by atoms with Crippen LogP contribution in [0.5, 0.6) is 0 Å². The zero-order valence-corrected chi connectivity index (χ0v) is 7.31. The number of ether oxygens (including phenoxy) is 1. The smallest absolute Gasteiger partial charge is 0.0619 e. The molecule has 0 radical (unpaired) electrons. The van der Waals surface area contributed by atoms with Crippen LogP contribution in [0.2, 0.25) is 0 Å². The maximum Gasteiger partial charge on any atom is 0.0619 e. The topological polar surface area (TPSA) is 21.3 Å². The predicted molar refractivity (Wildman–Crippen MR) is 44.2 cm³/mol. The Kier molecular flexibility index (Phi) is 6.98. The van der Waals surface area contributed by atoms with Crippen molar-refractivity contribution in [3.8, 4) is 0 Å². The Hall–Kier alpha value is -0.0800. The molecule has 1 fully saturated rings. The lowest BCUT2D eigenvalue weighted by atomic mass is 10.1.